The second kappa shape index (κ2) is 73700. The molecule has 0 fully saturated rings. The number of hydrogen-bond acceptors (Lipinski definition) is 1. The van der Waals surface area contributed by atoms with Gasteiger partial charge in [-0.1, -0.05) is 0 Å². The Bertz CT molecular complexity index is 43.8. The third kappa shape index (κ3) is 43700. The monoisotopic (exact) mass is 1840 g/mol. The molecular weight excluding hydrogens is 1640 g/mol. The highest BCUT2D eigenvalue weighted by Crippen LogP contribution is 1.21. The lowest BCUT2D eigenvalue weighted by atomic mass is 11.0. The van der Waals surface area contributed by atoms with Crippen molar-refractivity contribution in [1.29, 1.82) is 5.26 Å². The second-order valence-corrected chi connectivity index (χ2v) is 0.224. The van der Waals surface area contributed by atoms with Gasteiger partial charge in [0.05, 0.1) is 6.07 Å². The molecule has 816 valence electrons. The molecule has 0 atom stereocenters. The van der Waals surface area contributed by atoms with Crippen LogP contribution < -0.4 is 0 Å². The molecule has 103 heavy (non-hydrogen) atoms. The van der Waals surface area contributed by atoms with Gasteiger partial charge in [0.2, 0.25) is 0 Å². The summed E-state index contributed by atoms with van der Waals surface area (Å²) in [7, 11) is 0. The molecule has 0 aromatic heterocycles. The average molecular weight is 1840 g/mol. The van der Waals surface area contributed by atoms with Crippen molar-refractivity contribution >= 4 is 0 Å². The topological polar surface area (TPSA) is 3170 Å². The van der Waals surface area contributed by atoms with E-state index in [9.17, 15) is 0 Å². The highest BCUT2D eigenvalue weighted by atomic mass is 16.1. The van der Waals surface area contributed by atoms with Crippen molar-refractivity contribution < 1.29 is 548 Å². The minimum atomic E-state index is 0. The Morgan fingerprint density at radius 2 is 0.0680 bits per heavy atom. The smallest absolute Gasteiger partial charge is 0.0587 e. The number of nitriles is 1. The highest BCUT2D eigenvalue weighted by Gasteiger charge is 1.17. The van der Waals surface area contributed by atoms with E-state index in [4.69, 9.17) is 5.26 Å². The lowest BCUT2D eigenvalue weighted by Gasteiger charge is -1.15. The molecule has 0 rings (SSSR count). The maximum Gasteiger partial charge on any atom is 0.0587 e. The van der Waals surface area contributed by atoms with E-state index < -0.39 is 0 Å². The first kappa shape index (κ1) is 149000. The summed E-state index contributed by atoms with van der Waals surface area (Å²) in [5.41, 5.74) is 0. The van der Waals surface area contributed by atoms with Gasteiger partial charge in [-0.25, -0.2) is 0 Å². The lowest BCUT2D eigenvalue weighted by molar-refractivity contribution is 0.823. The minimum absolute atomic E-state index is 0. The lowest BCUT2D eigenvalue weighted by Crippen LogP contribution is -1.10. The van der Waals surface area contributed by atoms with Crippen LogP contribution in [0.5, 0.6) is 0 Å². The molecule has 0 aliphatic rings. The summed E-state index contributed by atoms with van der Waals surface area (Å²) in [4.78, 5) is 0. The standard InChI is InChI=1S/C2H3N.100H2O/c1-2-3;;;;;;;;;;;;;;;;;;;;;;;;;;;;;;;;;;;;;;;;;;;;;;;;;;;;;;;;;;;;;;;;;;;;;;;;;;;;;;;;;;;;;;;;;;;;;;;;;;;;/h1H3;100*1H2. The van der Waals surface area contributed by atoms with Gasteiger partial charge < -0.3 is 548 Å². The maximum atomic E-state index is 7.32. The van der Waals surface area contributed by atoms with Gasteiger partial charge in [0, 0.05) is 6.92 Å². The van der Waals surface area contributed by atoms with Crippen molar-refractivity contribution in [2.45, 2.75) is 6.92 Å². The molecule has 0 saturated heterocycles. The van der Waals surface area contributed by atoms with E-state index in [1.807, 2.05) is 0 Å². The second-order valence-electron chi connectivity index (χ2n) is 0.224. The van der Waals surface area contributed by atoms with Crippen LogP contribution in [-0.4, -0.2) is 548 Å². The molecule has 0 radical (unpaired) electrons. The molecule has 0 saturated carbocycles. The Morgan fingerprint density at radius 3 is 0.0680 bits per heavy atom. The van der Waals surface area contributed by atoms with E-state index in [0.717, 1.165) is 0 Å². The number of hydrogen-bond donors (Lipinski definition) is 0. The summed E-state index contributed by atoms with van der Waals surface area (Å²) < 4.78 is 0. The van der Waals surface area contributed by atoms with Crippen LogP contribution in [-0.2, 0) is 0 Å². The van der Waals surface area contributed by atoms with Crippen LogP contribution in [0.25, 0.3) is 0 Å². The van der Waals surface area contributed by atoms with Gasteiger partial charge in [-0.15, -0.1) is 0 Å². The van der Waals surface area contributed by atoms with Crippen molar-refractivity contribution in [3.63, 3.8) is 0 Å². The van der Waals surface area contributed by atoms with Crippen molar-refractivity contribution in [3.05, 3.63) is 0 Å². The fourth-order valence-electron chi connectivity index (χ4n) is 0. The van der Waals surface area contributed by atoms with Gasteiger partial charge in [-0.3, -0.25) is 0 Å². The zero-order valence-electron chi connectivity index (χ0n) is 51.9. The molecule has 0 heterocycles. The Kier molecular flexibility index (Phi) is 106000000. The molecule has 0 amide bonds. The Labute approximate surface area is 568 Å². The first-order valence-corrected chi connectivity index (χ1v) is 0.724. The van der Waals surface area contributed by atoms with Crippen molar-refractivity contribution in [2.75, 3.05) is 0 Å². The van der Waals surface area contributed by atoms with E-state index in [1.165, 1.54) is 6.92 Å². The zero-order valence-corrected chi connectivity index (χ0v) is 51.9. The summed E-state index contributed by atoms with van der Waals surface area (Å²) >= 11 is 0. The van der Waals surface area contributed by atoms with Crippen LogP contribution in [0.2, 0.25) is 0 Å². The zero-order chi connectivity index (χ0) is 2.71. The van der Waals surface area contributed by atoms with Crippen LogP contribution in [0.15, 0.2) is 0 Å². The van der Waals surface area contributed by atoms with E-state index in [1.54, 1.807) is 6.07 Å². The molecule has 101 nitrogen and oxygen atoms in total. The quantitative estimate of drug-likeness (QED) is 0.224. The van der Waals surface area contributed by atoms with Gasteiger partial charge in [0.1, 0.15) is 0 Å². The fraction of sp³-hybridized carbons (Fsp3) is 0.500. The molecule has 200 N–H and O–H groups in total. The summed E-state index contributed by atoms with van der Waals surface area (Å²) in [6.45, 7) is 1.43. The van der Waals surface area contributed by atoms with Crippen molar-refractivity contribution in [1.82, 2.24) is 0 Å². The number of nitrogens with zero attached hydrogens (tertiary/aromatic N) is 1. The first-order chi connectivity index (χ1) is 1.41. The summed E-state index contributed by atoms with van der Waals surface area (Å²) in [5, 5.41) is 7.32. The fourth-order valence-corrected chi connectivity index (χ4v) is 0. The Hall–Kier alpha value is -4.51. The summed E-state index contributed by atoms with van der Waals surface area (Å²) in [6.07, 6.45) is 0. The largest absolute Gasteiger partial charge is 0.412 e. The third-order valence-electron chi connectivity index (χ3n) is 0. The van der Waals surface area contributed by atoms with E-state index in [2.05, 4.69) is 0 Å². The summed E-state index contributed by atoms with van der Waals surface area (Å²) in [5.74, 6) is 0. The van der Waals surface area contributed by atoms with Gasteiger partial charge in [-0.05, 0) is 0 Å². The van der Waals surface area contributed by atoms with E-state index in [0.29, 0.717) is 0 Å². The van der Waals surface area contributed by atoms with Crippen LogP contribution in [0.3, 0.4) is 0 Å². The molecule has 0 aliphatic heterocycles. The SMILES string of the molecule is CC#N.O.O.O.O.O.O.O.O.O.O.O.O.O.O.O.O.O.O.O.O.O.O.O.O.O.O.O.O.O.O.O.O.O.O.O.O.O.O.O.O.O.O.O.O.O.O.O.O.O.O.O.O.O.O.O.O.O.O.O.O.O.O.O.O.O.O.O.O.O.O.O.O.O.O.O.O.O.O.O.O.O.O.O.O.O.O.O.O.O.O.O.O.O.O.O.O.O.O.O.O. The Morgan fingerprint density at radius 1 is 0.0680 bits per heavy atom. The highest BCUT2D eigenvalue weighted by molar-refractivity contribution is 4.51. The van der Waals surface area contributed by atoms with Gasteiger partial charge >= 0.3 is 0 Å². The Balaban J connectivity index is -0.00000000000404. The number of rotatable bonds is 0. The molecule has 0 aliphatic carbocycles. The molecule has 0 bridgehead atoms. The molecule has 0 unspecified atom stereocenters. The maximum absolute atomic E-state index is 7.32. The predicted molar refractivity (Wildman–Crippen MR) is 373 cm³/mol. The predicted octanol–water partition coefficient (Wildman–Crippen LogP) is -81.9. The molecule has 101 heteroatoms. The van der Waals surface area contributed by atoms with Crippen LogP contribution >= 0.6 is 0 Å². The summed E-state index contributed by atoms with van der Waals surface area (Å²) in [6, 6.07) is 1.75. The first-order valence-electron chi connectivity index (χ1n) is 0.724. The van der Waals surface area contributed by atoms with Crippen LogP contribution in [0.4, 0.5) is 0 Å². The average Bonchev–Trinajstić information content (AvgIpc) is 0.918. The third-order valence-corrected chi connectivity index (χ3v) is 0. The normalized spacial score (nSPS) is 0.0777. The molecule has 0 aromatic rings. The molecule has 0 spiro atoms. The van der Waals surface area contributed by atoms with Crippen molar-refractivity contribution in [3.8, 4) is 6.07 Å². The van der Waals surface area contributed by atoms with E-state index in [-0.39, 0.29) is 548 Å². The van der Waals surface area contributed by atoms with Gasteiger partial charge in [0.15, 0.2) is 0 Å². The van der Waals surface area contributed by atoms with Gasteiger partial charge in [0.25, 0.3) is 0 Å². The minimum Gasteiger partial charge on any atom is -0.412 e. The van der Waals surface area contributed by atoms with Crippen LogP contribution in [0.1, 0.15) is 6.92 Å². The van der Waals surface area contributed by atoms with Gasteiger partial charge in [-0.2, -0.15) is 5.26 Å². The van der Waals surface area contributed by atoms with Crippen molar-refractivity contribution in [2.24, 2.45) is 0 Å². The molecule has 0 aromatic carbocycles. The molecular formula is C2H203NO100. The van der Waals surface area contributed by atoms with E-state index >= 15 is 0 Å². The van der Waals surface area contributed by atoms with Crippen LogP contribution in [0, 0.1) is 11.3 Å².